The van der Waals surface area contributed by atoms with Crippen LogP contribution in [0.3, 0.4) is 0 Å². The first-order valence-corrected chi connectivity index (χ1v) is 16.3. The first kappa shape index (κ1) is 34.6. The van der Waals surface area contributed by atoms with E-state index in [1.165, 1.54) is 23.1 Å². The van der Waals surface area contributed by atoms with Crippen LogP contribution in [-0.2, 0) is 14.4 Å². The van der Waals surface area contributed by atoms with Crippen LogP contribution in [-0.4, -0.2) is 68.5 Å². The number of anilines is 3. The standard InChI is InChI=1S/C32H31ClIN7O7/c1-18(48-35)28(29(34)21-5-3-4-6-26(21)47-2)31(44)40-13-11-39(12-14-40)25-16-23(24(38-46)15-22(25)33)36-30(43)19-7-9-20(10-8-19)41-17-27(42)37-32(41)45/h3-10,15-16,29H,11-14,17,35H2,1-2H3,(H,36,43)(H,37,42,45)/b28-18+. The number of nitrogens with zero attached hydrogens (tertiary/aromatic N) is 4. The fourth-order valence-corrected chi connectivity index (χ4v) is 6.96. The van der Waals surface area contributed by atoms with Gasteiger partial charge in [0.05, 0.1) is 33.0 Å². The van der Waals surface area contributed by atoms with Crippen molar-refractivity contribution in [3.63, 3.8) is 0 Å². The van der Waals surface area contributed by atoms with Crippen molar-refractivity contribution >= 4 is 80.7 Å². The van der Waals surface area contributed by atoms with Gasteiger partial charge in [0.2, 0.25) is 5.91 Å². The summed E-state index contributed by atoms with van der Waals surface area (Å²) in [5.41, 5.74) is 2.51. The van der Waals surface area contributed by atoms with Crippen LogP contribution >= 0.6 is 34.2 Å². The lowest BCUT2D eigenvalue weighted by Crippen LogP contribution is -2.49. The minimum atomic E-state index is -0.545. The highest BCUT2D eigenvalue weighted by Crippen LogP contribution is 2.40. The van der Waals surface area contributed by atoms with E-state index in [9.17, 15) is 24.1 Å². The van der Waals surface area contributed by atoms with Crippen LogP contribution in [0.1, 0.15) is 26.8 Å². The van der Waals surface area contributed by atoms with Crippen molar-refractivity contribution in [2.24, 2.45) is 11.1 Å². The molecule has 1 unspecified atom stereocenters. The minimum Gasteiger partial charge on any atom is -0.496 e. The predicted octanol–water partition coefficient (Wildman–Crippen LogP) is 5.04. The van der Waals surface area contributed by atoms with E-state index in [4.69, 9.17) is 27.1 Å². The molecule has 1 atom stereocenters. The molecule has 2 aliphatic heterocycles. The molecule has 0 saturated carbocycles. The highest BCUT2D eigenvalue weighted by molar-refractivity contribution is 14.1. The number of amides is 5. The van der Waals surface area contributed by atoms with Crippen LogP contribution in [0.15, 0.2) is 77.2 Å². The highest BCUT2D eigenvalue weighted by Gasteiger charge is 2.32. The zero-order valence-corrected chi connectivity index (χ0v) is 28.8. The third kappa shape index (κ3) is 7.22. The molecule has 5 rings (SSSR count). The van der Waals surface area contributed by atoms with Crippen LogP contribution in [0.25, 0.3) is 0 Å². The summed E-state index contributed by atoms with van der Waals surface area (Å²) in [5.74, 6) is 5.26. The third-order valence-electron chi connectivity index (χ3n) is 8.01. The summed E-state index contributed by atoms with van der Waals surface area (Å²) >= 11 is 8.74. The lowest BCUT2D eigenvalue weighted by Gasteiger charge is -2.37. The number of nitrogens with one attached hydrogen (secondary N) is 2. The lowest BCUT2D eigenvalue weighted by atomic mass is 10.0. The topological polar surface area (TPSA) is 176 Å². The zero-order chi connectivity index (χ0) is 34.5. The molecular formula is C32H31ClIN7O7. The van der Waals surface area contributed by atoms with Gasteiger partial charge in [0, 0.05) is 43.0 Å². The number of benzene rings is 3. The maximum Gasteiger partial charge on any atom is 0.329 e. The molecule has 3 aromatic rings. The van der Waals surface area contributed by atoms with E-state index in [0.717, 1.165) is 5.56 Å². The summed E-state index contributed by atoms with van der Waals surface area (Å²) in [7, 11) is 1.57. The number of para-hydroxylation sites is 1. The van der Waals surface area contributed by atoms with Gasteiger partial charge in [-0.25, -0.2) is 4.79 Å². The van der Waals surface area contributed by atoms with Gasteiger partial charge < -0.3 is 24.7 Å². The maximum atomic E-state index is 13.9. The normalized spacial score (nSPS) is 15.8. The van der Waals surface area contributed by atoms with Crippen molar-refractivity contribution in [1.82, 2.24) is 10.2 Å². The van der Waals surface area contributed by atoms with E-state index in [1.54, 1.807) is 37.1 Å². The molecule has 48 heavy (non-hydrogen) atoms. The smallest absolute Gasteiger partial charge is 0.329 e. The van der Waals surface area contributed by atoms with Gasteiger partial charge in [0.15, 0.2) is 0 Å². The van der Waals surface area contributed by atoms with Crippen LogP contribution in [0.4, 0.5) is 27.5 Å². The average Bonchev–Trinajstić information content (AvgIpc) is 3.45. The van der Waals surface area contributed by atoms with E-state index >= 15 is 0 Å². The Morgan fingerprint density at radius 3 is 2.35 bits per heavy atom. The molecule has 2 saturated heterocycles. The molecule has 5 amide bonds. The van der Waals surface area contributed by atoms with E-state index in [-0.39, 0.29) is 34.4 Å². The van der Waals surface area contributed by atoms with Crippen LogP contribution in [0, 0.1) is 4.91 Å². The van der Waals surface area contributed by atoms with Crippen molar-refractivity contribution in [2.75, 3.05) is 55.0 Å². The summed E-state index contributed by atoms with van der Waals surface area (Å²) in [5, 5.41) is 8.20. The number of allylic oxidation sites excluding steroid dienone is 1. The lowest BCUT2D eigenvalue weighted by molar-refractivity contribution is -0.127. The Morgan fingerprint density at radius 1 is 1.06 bits per heavy atom. The number of nitroso groups, excluding NO2 is 1. The van der Waals surface area contributed by atoms with Crippen molar-refractivity contribution in [2.45, 2.75) is 10.8 Å². The molecule has 250 valence electrons. The second-order valence-electron chi connectivity index (χ2n) is 10.8. The van der Waals surface area contributed by atoms with E-state index < -0.39 is 21.8 Å². The molecule has 4 N–H and O–H groups in total. The summed E-state index contributed by atoms with van der Waals surface area (Å²) in [6.45, 7) is 3.01. The minimum absolute atomic E-state index is 0.0637. The SMILES string of the molecule is COc1ccccc1C(I)/C(C(=O)N1CCN(c2cc(NC(=O)c3ccc(N4CC(=O)NC4=O)cc3)c(N=O)cc2Cl)CC1)=C(/C)ON. The van der Waals surface area contributed by atoms with Gasteiger partial charge >= 0.3 is 6.03 Å². The average molecular weight is 788 g/mol. The molecule has 0 aliphatic carbocycles. The van der Waals surface area contributed by atoms with Crippen LogP contribution in [0.5, 0.6) is 5.75 Å². The first-order valence-electron chi connectivity index (χ1n) is 14.6. The molecular weight excluding hydrogens is 757 g/mol. The summed E-state index contributed by atoms with van der Waals surface area (Å²) in [6.07, 6.45) is 0. The molecule has 16 heteroatoms. The summed E-state index contributed by atoms with van der Waals surface area (Å²) < 4.78 is 5.11. The number of halogens is 2. The number of hydrogen-bond donors (Lipinski definition) is 3. The molecule has 0 aromatic heterocycles. The Morgan fingerprint density at radius 2 is 1.75 bits per heavy atom. The molecule has 0 spiro atoms. The number of rotatable bonds is 10. The molecule has 2 aliphatic rings. The van der Waals surface area contributed by atoms with Gasteiger partial charge in [-0.1, -0.05) is 52.4 Å². The van der Waals surface area contributed by atoms with Gasteiger partial charge in [0.25, 0.3) is 11.8 Å². The highest BCUT2D eigenvalue weighted by atomic mass is 127. The van der Waals surface area contributed by atoms with Gasteiger partial charge in [0.1, 0.15) is 23.7 Å². The number of piperazine rings is 1. The van der Waals surface area contributed by atoms with Gasteiger partial charge in [-0.3, -0.25) is 24.6 Å². The van der Waals surface area contributed by atoms with Crippen molar-refractivity contribution in [1.29, 1.82) is 0 Å². The Labute approximate surface area is 294 Å². The predicted molar refractivity (Wildman–Crippen MR) is 189 cm³/mol. The molecule has 3 aromatic carbocycles. The number of imide groups is 1. The summed E-state index contributed by atoms with van der Waals surface area (Å²) in [4.78, 5) is 72.1. The quantitative estimate of drug-likeness (QED) is 0.0483. The molecule has 0 radical (unpaired) electrons. The Kier molecular flexibility index (Phi) is 10.8. The van der Waals surface area contributed by atoms with E-state index in [0.29, 0.717) is 54.6 Å². The molecule has 2 heterocycles. The largest absolute Gasteiger partial charge is 0.496 e. The number of alkyl halides is 1. The van der Waals surface area contributed by atoms with Crippen molar-refractivity contribution in [3.8, 4) is 5.75 Å². The maximum absolute atomic E-state index is 13.9. The number of nitrogens with two attached hydrogens (primary N) is 1. The molecule has 2 fully saturated rings. The first-order chi connectivity index (χ1) is 23.1. The van der Waals surface area contributed by atoms with Gasteiger partial charge in [-0.05, 0) is 54.6 Å². The molecule has 14 nitrogen and oxygen atoms in total. The van der Waals surface area contributed by atoms with E-state index in [1.807, 2.05) is 29.2 Å². The number of carbonyl (C=O) groups excluding carboxylic acids is 4. The Balaban J connectivity index is 1.30. The van der Waals surface area contributed by atoms with E-state index in [2.05, 4.69) is 38.4 Å². The fourth-order valence-electron chi connectivity index (χ4n) is 5.46. The number of urea groups is 1. The van der Waals surface area contributed by atoms with Crippen LogP contribution < -0.4 is 31.1 Å². The van der Waals surface area contributed by atoms with Crippen LogP contribution in [0.2, 0.25) is 5.02 Å². The second kappa shape index (κ2) is 15.0. The van der Waals surface area contributed by atoms with Gasteiger partial charge in [-0.2, -0.15) is 5.90 Å². The zero-order valence-electron chi connectivity index (χ0n) is 25.9. The fraction of sp³-hybridized carbons (Fsp3) is 0.250. The third-order valence-corrected chi connectivity index (χ3v) is 9.60. The number of ether oxygens (including phenoxy) is 1. The monoisotopic (exact) mass is 787 g/mol. The number of hydrogen-bond acceptors (Lipinski definition) is 10. The number of carbonyl (C=O) groups is 4. The number of methoxy groups -OCH3 is 1. The Hall–Kier alpha value is -4.74. The van der Waals surface area contributed by atoms with Gasteiger partial charge in [-0.15, -0.1) is 4.91 Å². The second-order valence-corrected chi connectivity index (χ2v) is 12.5. The molecule has 0 bridgehead atoms. The summed E-state index contributed by atoms with van der Waals surface area (Å²) in [6, 6.07) is 15.9. The Bertz CT molecular complexity index is 1800. The van der Waals surface area contributed by atoms with Crippen molar-refractivity contribution in [3.05, 3.63) is 93.1 Å². The van der Waals surface area contributed by atoms with Crippen molar-refractivity contribution < 1.29 is 28.8 Å².